The highest BCUT2D eigenvalue weighted by molar-refractivity contribution is 7.47. The van der Waals surface area contributed by atoms with E-state index in [9.17, 15) is 19.4 Å². The lowest BCUT2D eigenvalue weighted by Crippen LogP contribution is -2.45. The molecule has 0 heterocycles. The number of phosphoric ester groups is 1. The van der Waals surface area contributed by atoms with Crippen LogP contribution in [0.4, 0.5) is 0 Å². The summed E-state index contributed by atoms with van der Waals surface area (Å²) in [6.45, 7) is 4.75. The van der Waals surface area contributed by atoms with E-state index in [0.29, 0.717) is 17.4 Å². The number of nitrogens with one attached hydrogen (secondary N) is 1. The van der Waals surface area contributed by atoms with Gasteiger partial charge in [-0.15, -0.1) is 0 Å². The van der Waals surface area contributed by atoms with Crippen LogP contribution in [0.3, 0.4) is 0 Å². The van der Waals surface area contributed by atoms with Gasteiger partial charge in [-0.25, -0.2) is 4.57 Å². The number of allylic oxidation sites excluding steroid dienone is 9. The maximum atomic E-state index is 13.1. The molecule has 0 bridgehead atoms. The molecule has 3 unspecified atom stereocenters. The summed E-state index contributed by atoms with van der Waals surface area (Å²) in [5.41, 5.74) is 0. The third kappa shape index (κ3) is 63.8. The van der Waals surface area contributed by atoms with Gasteiger partial charge in [-0.3, -0.25) is 13.8 Å². The summed E-state index contributed by atoms with van der Waals surface area (Å²) < 4.78 is 23.8. The van der Waals surface area contributed by atoms with Crippen molar-refractivity contribution in [3.63, 3.8) is 0 Å². The molecular formula is C71H136N2O6P+. The van der Waals surface area contributed by atoms with Crippen LogP contribution in [0.2, 0.25) is 0 Å². The largest absolute Gasteiger partial charge is 0.472 e. The summed E-state index contributed by atoms with van der Waals surface area (Å²) in [6, 6.07) is -0.848. The van der Waals surface area contributed by atoms with Gasteiger partial charge in [-0.1, -0.05) is 331 Å². The predicted molar refractivity (Wildman–Crippen MR) is 350 cm³/mol. The van der Waals surface area contributed by atoms with Gasteiger partial charge in [0.15, 0.2) is 0 Å². The van der Waals surface area contributed by atoms with Gasteiger partial charge in [-0.05, 0) is 57.8 Å². The van der Waals surface area contributed by atoms with Gasteiger partial charge in [-0.2, -0.15) is 0 Å². The molecule has 0 radical (unpaired) electrons. The maximum absolute atomic E-state index is 13.1. The molecular weight excluding hydrogens is 1010 g/mol. The Labute approximate surface area is 498 Å². The Balaban J connectivity index is 4.04. The lowest BCUT2D eigenvalue weighted by molar-refractivity contribution is -0.870. The molecule has 0 saturated carbocycles. The highest BCUT2D eigenvalue weighted by Gasteiger charge is 2.28. The molecule has 0 aromatic heterocycles. The van der Waals surface area contributed by atoms with Gasteiger partial charge in [0.2, 0.25) is 5.91 Å². The van der Waals surface area contributed by atoms with Crippen LogP contribution in [-0.4, -0.2) is 73.4 Å². The van der Waals surface area contributed by atoms with Crippen molar-refractivity contribution in [2.75, 3.05) is 40.9 Å². The Morgan fingerprint density at radius 1 is 0.438 bits per heavy atom. The van der Waals surface area contributed by atoms with Gasteiger partial charge in [0.25, 0.3) is 0 Å². The van der Waals surface area contributed by atoms with Crippen LogP contribution in [0.25, 0.3) is 0 Å². The SMILES string of the molecule is CC/C=C\C/C=C\C/C=C\C/C=C\CCCCCCCCCCCCCCCCCCCCCCC(=O)NC(COP(=O)(O)OCC[N+](C)(C)C)C(O)/C=C/CCCCCCCCCCCCCCCCCCCCCCCCC. The molecule has 3 atom stereocenters. The Bertz CT molecular complexity index is 1490. The minimum absolute atomic E-state index is 0.0624. The first-order valence-electron chi connectivity index (χ1n) is 34.7. The van der Waals surface area contributed by atoms with Crippen molar-refractivity contribution in [3.05, 3.63) is 60.8 Å². The van der Waals surface area contributed by atoms with Gasteiger partial charge < -0.3 is 19.8 Å². The third-order valence-corrected chi connectivity index (χ3v) is 16.7. The number of hydrogen-bond acceptors (Lipinski definition) is 5. The number of quaternary nitrogens is 1. The number of unbranched alkanes of at least 4 members (excludes halogenated alkanes) is 43. The summed E-state index contributed by atoms with van der Waals surface area (Å²) in [5.74, 6) is -0.171. The van der Waals surface area contributed by atoms with Crippen molar-refractivity contribution in [3.8, 4) is 0 Å². The standard InChI is InChI=1S/C71H135N2O6P/c1-6-8-10-12-14-16-18-20-22-24-26-28-30-32-33-34-35-36-37-38-39-41-43-45-47-49-51-53-55-57-59-61-63-65-71(75)72-69(68-79-80(76,77)78-67-66-73(3,4)5)70(74)64-62-60-58-56-54-52-50-48-46-44-42-40-31-29-27-25-23-21-19-17-15-13-11-9-7-2/h8,10,14,16,20,22,26,28,62,64,69-70,74H,6-7,9,11-13,15,17-19,21,23-25,27,29-61,63,65-68H2,1-5H3,(H-,72,75,76,77)/p+1/b10-8-,16-14-,22-20-,28-26-,64-62+. The zero-order valence-corrected chi connectivity index (χ0v) is 54.7. The fourth-order valence-electron chi connectivity index (χ4n) is 10.4. The molecule has 1 amide bonds. The zero-order chi connectivity index (χ0) is 58.4. The van der Waals surface area contributed by atoms with Gasteiger partial charge >= 0.3 is 7.82 Å². The Morgan fingerprint density at radius 3 is 1.10 bits per heavy atom. The fraction of sp³-hybridized carbons (Fsp3) is 0.845. The molecule has 80 heavy (non-hydrogen) atoms. The smallest absolute Gasteiger partial charge is 0.387 e. The van der Waals surface area contributed by atoms with E-state index in [-0.39, 0.29) is 19.1 Å². The summed E-state index contributed by atoms with van der Waals surface area (Å²) in [7, 11) is 1.58. The number of carbonyl (C=O) groups is 1. The van der Waals surface area contributed by atoms with E-state index >= 15 is 0 Å². The van der Waals surface area contributed by atoms with Crippen LogP contribution in [0, 0.1) is 0 Å². The quantitative estimate of drug-likeness (QED) is 0.0243. The second-order valence-corrected chi connectivity index (χ2v) is 26.3. The van der Waals surface area contributed by atoms with Crippen LogP contribution in [-0.2, 0) is 18.4 Å². The van der Waals surface area contributed by atoms with E-state index in [0.717, 1.165) is 64.2 Å². The molecule has 0 aliphatic carbocycles. The summed E-state index contributed by atoms with van der Waals surface area (Å²) in [6.07, 6.45) is 85.1. The molecule has 3 N–H and O–H groups in total. The molecule has 470 valence electrons. The monoisotopic (exact) mass is 1140 g/mol. The van der Waals surface area contributed by atoms with Crippen molar-refractivity contribution in [2.45, 2.75) is 347 Å². The molecule has 0 spiro atoms. The number of phosphoric acid groups is 1. The Kier molecular flexibility index (Phi) is 60.4. The van der Waals surface area contributed by atoms with Gasteiger partial charge in [0, 0.05) is 6.42 Å². The number of nitrogens with zero attached hydrogens (tertiary/aromatic N) is 1. The topological polar surface area (TPSA) is 105 Å². The van der Waals surface area contributed by atoms with Crippen molar-refractivity contribution in [1.29, 1.82) is 0 Å². The van der Waals surface area contributed by atoms with Crippen LogP contribution >= 0.6 is 7.82 Å². The molecule has 0 fully saturated rings. The minimum Gasteiger partial charge on any atom is -0.387 e. The van der Waals surface area contributed by atoms with Crippen molar-refractivity contribution < 1.29 is 32.9 Å². The van der Waals surface area contributed by atoms with Crippen LogP contribution in [0.15, 0.2) is 60.8 Å². The molecule has 8 nitrogen and oxygen atoms in total. The number of amides is 1. The van der Waals surface area contributed by atoms with Crippen molar-refractivity contribution >= 4 is 13.7 Å². The molecule has 0 rings (SSSR count). The third-order valence-electron chi connectivity index (χ3n) is 15.7. The number of rotatable bonds is 64. The second kappa shape index (κ2) is 61.8. The molecule has 9 heteroatoms. The van der Waals surface area contributed by atoms with E-state index in [4.69, 9.17) is 9.05 Å². The average molecular weight is 1140 g/mol. The van der Waals surface area contributed by atoms with E-state index in [1.165, 1.54) is 250 Å². The Morgan fingerprint density at radius 2 is 0.750 bits per heavy atom. The van der Waals surface area contributed by atoms with E-state index < -0.39 is 20.0 Å². The first-order chi connectivity index (χ1) is 39.0. The normalized spacial score (nSPS) is 14.0. The predicted octanol–water partition coefficient (Wildman–Crippen LogP) is 22.0. The van der Waals surface area contributed by atoms with Crippen molar-refractivity contribution in [2.24, 2.45) is 0 Å². The van der Waals surface area contributed by atoms with E-state index in [1.54, 1.807) is 6.08 Å². The lowest BCUT2D eigenvalue weighted by atomic mass is 10.0. The van der Waals surface area contributed by atoms with Crippen LogP contribution in [0.1, 0.15) is 335 Å². The molecule has 0 aromatic rings. The highest BCUT2D eigenvalue weighted by atomic mass is 31.2. The number of aliphatic hydroxyl groups is 1. The number of carbonyl (C=O) groups excluding carboxylic acids is 1. The Hall–Kier alpha value is -1.80. The molecule has 0 aliphatic heterocycles. The summed E-state index contributed by atoms with van der Waals surface area (Å²) >= 11 is 0. The van der Waals surface area contributed by atoms with Gasteiger partial charge in [0.05, 0.1) is 39.9 Å². The highest BCUT2D eigenvalue weighted by Crippen LogP contribution is 2.43. The fourth-order valence-corrected chi connectivity index (χ4v) is 11.1. The zero-order valence-electron chi connectivity index (χ0n) is 53.8. The average Bonchev–Trinajstić information content (AvgIpc) is 3.42. The first kappa shape index (κ1) is 78.2. The van der Waals surface area contributed by atoms with Crippen LogP contribution in [0.5, 0.6) is 0 Å². The minimum atomic E-state index is -4.35. The lowest BCUT2D eigenvalue weighted by Gasteiger charge is -2.25. The van der Waals surface area contributed by atoms with E-state index in [2.05, 4.69) is 67.8 Å². The first-order valence-corrected chi connectivity index (χ1v) is 36.2. The van der Waals surface area contributed by atoms with Crippen molar-refractivity contribution in [1.82, 2.24) is 5.32 Å². The number of hydrogen-bond donors (Lipinski definition) is 3. The summed E-state index contributed by atoms with van der Waals surface area (Å²) in [5, 5.41) is 14.0. The second-order valence-electron chi connectivity index (χ2n) is 24.9. The molecule has 0 saturated heterocycles. The number of likely N-dealkylation sites (N-methyl/N-ethyl adjacent to an activating group) is 1. The number of aliphatic hydroxyl groups excluding tert-OH is 1. The van der Waals surface area contributed by atoms with E-state index in [1.807, 2.05) is 27.2 Å². The molecule has 0 aromatic carbocycles. The van der Waals surface area contributed by atoms with Crippen LogP contribution < -0.4 is 5.32 Å². The molecule has 0 aliphatic rings. The maximum Gasteiger partial charge on any atom is 0.472 e. The summed E-state index contributed by atoms with van der Waals surface area (Å²) in [4.78, 5) is 23.4. The van der Waals surface area contributed by atoms with Gasteiger partial charge in [0.1, 0.15) is 13.2 Å².